The van der Waals surface area contributed by atoms with Crippen molar-refractivity contribution in [3.63, 3.8) is 0 Å². The number of benzene rings is 1. The van der Waals surface area contributed by atoms with Crippen molar-refractivity contribution in [2.24, 2.45) is 5.92 Å². The molecule has 4 nitrogen and oxygen atoms in total. The Bertz CT molecular complexity index is 577. The van der Waals surface area contributed by atoms with E-state index in [0.29, 0.717) is 6.42 Å². The minimum absolute atomic E-state index is 0.0450. The van der Waals surface area contributed by atoms with Crippen molar-refractivity contribution in [3.05, 3.63) is 29.0 Å². The highest BCUT2D eigenvalue weighted by Gasteiger charge is 2.40. The zero-order valence-corrected chi connectivity index (χ0v) is 12.9. The molecule has 0 aromatic heterocycles. The Kier molecular flexibility index (Phi) is 4.52. The summed E-state index contributed by atoms with van der Waals surface area (Å²) in [6.45, 7) is 5.49. The lowest BCUT2D eigenvalue weighted by molar-refractivity contribution is -0.133. The Morgan fingerprint density at radius 2 is 2.05 bits per heavy atom. The molecule has 1 fully saturated rings. The van der Waals surface area contributed by atoms with Gasteiger partial charge in [-0.2, -0.15) is 0 Å². The molecular formula is C15H18ClFN2O2. The Hall–Kier alpha value is -1.62. The van der Waals surface area contributed by atoms with Gasteiger partial charge in [0.15, 0.2) is 5.82 Å². The molecule has 1 aromatic rings. The minimum atomic E-state index is -0.770. The molecule has 1 aliphatic rings. The molecule has 6 heteroatoms. The number of hydrogen-bond acceptors (Lipinski definition) is 2. The van der Waals surface area contributed by atoms with E-state index in [4.69, 9.17) is 11.6 Å². The first-order valence-corrected chi connectivity index (χ1v) is 7.28. The van der Waals surface area contributed by atoms with Crippen LogP contribution in [-0.2, 0) is 9.59 Å². The second-order valence-electron chi connectivity index (χ2n) is 5.65. The van der Waals surface area contributed by atoms with Gasteiger partial charge in [0.05, 0.1) is 10.7 Å². The summed E-state index contributed by atoms with van der Waals surface area (Å²) in [7, 11) is 0. The molecule has 0 bridgehead atoms. The quantitative estimate of drug-likeness (QED) is 0.933. The average Bonchev–Trinajstić information content (AvgIpc) is 2.40. The normalized spacial score (nSPS) is 22.7. The Balaban J connectivity index is 2.41. The van der Waals surface area contributed by atoms with Gasteiger partial charge in [0, 0.05) is 0 Å². The fourth-order valence-corrected chi connectivity index (χ4v) is 2.64. The maximum atomic E-state index is 14.2. The molecule has 114 valence electrons. The first-order valence-electron chi connectivity index (χ1n) is 6.90. The SMILES string of the molecule is CC(C)CC1NC(=O)C(C)N(c2cccc(Cl)c2F)C1=O. The molecule has 21 heavy (non-hydrogen) atoms. The van der Waals surface area contributed by atoms with Crippen LogP contribution in [0.4, 0.5) is 10.1 Å². The van der Waals surface area contributed by atoms with Crippen LogP contribution in [0.25, 0.3) is 0 Å². The summed E-state index contributed by atoms with van der Waals surface area (Å²) in [5.74, 6) is -1.05. The van der Waals surface area contributed by atoms with Gasteiger partial charge in [-0.05, 0) is 31.4 Å². The number of halogens is 2. The predicted molar refractivity (Wildman–Crippen MR) is 79.7 cm³/mol. The van der Waals surface area contributed by atoms with Crippen LogP contribution in [0.3, 0.4) is 0 Å². The number of carbonyl (C=O) groups is 2. The Morgan fingerprint density at radius 1 is 1.38 bits per heavy atom. The molecule has 2 amide bonds. The zero-order valence-electron chi connectivity index (χ0n) is 12.2. The van der Waals surface area contributed by atoms with Gasteiger partial charge in [0.1, 0.15) is 12.1 Å². The van der Waals surface area contributed by atoms with E-state index in [1.54, 1.807) is 13.0 Å². The van der Waals surface area contributed by atoms with E-state index in [9.17, 15) is 14.0 Å². The van der Waals surface area contributed by atoms with Crippen LogP contribution in [-0.4, -0.2) is 23.9 Å². The molecule has 0 radical (unpaired) electrons. The highest BCUT2D eigenvalue weighted by molar-refractivity contribution is 6.31. The number of hydrogen-bond donors (Lipinski definition) is 1. The van der Waals surface area contributed by atoms with Crippen LogP contribution < -0.4 is 10.2 Å². The molecule has 1 aromatic carbocycles. The molecule has 1 aliphatic heterocycles. The van der Waals surface area contributed by atoms with Crippen molar-refractivity contribution in [2.45, 2.75) is 39.3 Å². The van der Waals surface area contributed by atoms with Crippen molar-refractivity contribution < 1.29 is 14.0 Å². The van der Waals surface area contributed by atoms with E-state index >= 15 is 0 Å². The van der Waals surface area contributed by atoms with E-state index in [2.05, 4.69) is 5.32 Å². The van der Waals surface area contributed by atoms with Gasteiger partial charge in [-0.3, -0.25) is 14.5 Å². The minimum Gasteiger partial charge on any atom is -0.342 e. The topological polar surface area (TPSA) is 49.4 Å². The molecular weight excluding hydrogens is 295 g/mol. The Morgan fingerprint density at radius 3 is 2.67 bits per heavy atom. The fraction of sp³-hybridized carbons (Fsp3) is 0.467. The highest BCUT2D eigenvalue weighted by atomic mass is 35.5. The summed E-state index contributed by atoms with van der Waals surface area (Å²) in [6.07, 6.45) is 0.510. The van der Waals surface area contributed by atoms with E-state index < -0.39 is 17.9 Å². The first kappa shape index (κ1) is 15.8. The lowest BCUT2D eigenvalue weighted by Gasteiger charge is -2.38. The monoisotopic (exact) mass is 312 g/mol. The third-order valence-corrected chi connectivity index (χ3v) is 3.81. The lowest BCUT2D eigenvalue weighted by atomic mass is 9.98. The van der Waals surface area contributed by atoms with Crippen LogP contribution in [0, 0.1) is 11.7 Å². The summed E-state index contributed by atoms with van der Waals surface area (Å²) in [5.41, 5.74) is 0.0450. The fourth-order valence-electron chi connectivity index (χ4n) is 2.47. The summed E-state index contributed by atoms with van der Waals surface area (Å²) in [6, 6.07) is 3.03. The predicted octanol–water partition coefficient (Wildman–Crippen LogP) is 2.75. The van der Waals surface area contributed by atoms with E-state index in [1.807, 2.05) is 13.8 Å². The van der Waals surface area contributed by atoms with Crippen LogP contribution in [0.2, 0.25) is 5.02 Å². The molecule has 0 aliphatic carbocycles. The number of carbonyl (C=O) groups excluding carboxylic acids is 2. The standard InChI is InChI=1S/C15H18ClFN2O2/c1-8(2)7-11-15(21)19(9(3)14(20)18-11)12-6-4-5-10(16)13(12)17/h4-6,8-9,11H,7H2,1-3H3,(H,18,20). The van der Waals surface area contributed by atoms with Crippen molar-refractivity contribution in [2.75, 3.05) is 4.90 Å². The summed E-state index contributed by atoms with van der Waals surface area (Å²) in [5, 5.41) is 2.63. The number of nitrogens with one attached hydrogen (secondary N) is 1. The van der Waals surface area contributed by atoms with Crippen molar-refractivity contribution in [1.29, 1.82) is 0 Å². The van der Waals surface area contributed by atoms with E-state index in [0.717, 1.165) is 0 Å². The lowest BCUT2D eigenvalue weighted by Crippen LogP contribution is -2.63. The van der Waals surface area contributed by atoms with Gasteiger partial charge < -0.3 is 5.32 Å². The molecule has 1 heterocycles. The van der Waals surface area contributed by atoms with Gasteiger partial charge in [-0.15, -0.1) is 0 Å². The van der Waals surface area contributed by atoms with Crippen LogP contribution in [0.1, 0.15) is 27.2 Å². The zero-order chi connectivity index (χ0) is 15.7. The maximum absolute atomic E-state index is 14.2. The average molecular weight is 313 g/mol. The molecule has 0 saturated carbocycles. The summed E-state index contributed by atoms with van der Waals surface area (Å²) in [4.78, 5) is 25.8. The number of amides is 2. The van der Waals surface area contributed by atoms with E-state index in [1.165, 1.54) is 17.0 Å². The summed E-state index contributed by atoms with van der Waals surface area (Å²) < 4.78 is 14.2. The molecule has 2 atom stereocenters. The second kappa shape index (κ2) is 6.02. The largest absolute Gasteiger partial charge is 0.342 e. The highest BCUT2D eigenvalue weighted by Crippen LogP contribution is 2.29. The first-order chi connectivity index (χ1) is 9.82. The number of rotatable bonds is 3. The van der Waals surface area contributed by atoms with Crippen LogP contribution in [0.15, 0.2) is 18.2 Å². The smallest absolute Gasteiger partial charge is 0.250 e. The molecule has 2 rings (SSSR count). The van der Waals surface area contributed by atoms with Crippen molar-refractivity contribution >= 4 is 29.1 Å². The molecule has 0 spiro atoms. The van der Waals surface area contributed by atoms with Gasteiger partial charge in [-0.25, -0.2) is 4.39 Å². The van der Waals surface area contributed by atoms with Crippen LogP contribution in [0.5, 0.6) is 0 Å². The van der Waals surface area contributed by atoms with Gasteiger partial charge in [0.25, 0.3) is 0 Å². The maximum Gasteiger partial charge on any atom is 0.250 e. The van der Waals surface area contributed by atoms with Gasteiger partial charge in [0.2, 0.25) is 11.8 Å². The van der Waals surface area contributed by atoms with Gasteiger partial charge in [-0.1, -0.05) is 31.5 Å². The Labute approximate surface area is 128 Å². The molecule has 1 N–H and O–H groups in total. The second-order valence-corrected chi connectivity index (χ2v) is 6.06. The van der Waals surface area contributed by atoms with Crippen LogP contribution >= 0.6 is 11.6 Å². The third kappa shape index (κ3) is 3.02. The number of nitrogens with zero attached hydrogens (tertiary/aromatic N) is 1. The molecule has 1 saturated heterocycles. The summed E-state index contributed by atoms with van der Waals surface area (Å²) >= 11 is 5.77. The third-order valence-electron chi connectivity index (χ3n) is 3.52. The van der Waals surface area contributed by atoms with E-state index in [-0.39, 0.29) is 28.4 Å². The van der Waals surface area contributed by atoms with Crippen molar-refractivity contribution in [1.82, 2.24) is 5.32 Å². The molecule has 2 unspecified atom stereocenters. The number of anilines is 1. The van der Waals surface area contributed by atoms with Gasteiger partial charge >= 0.3 is 0 Å². The van der Waals surface area contributed by atoms with Crippen molar-refractivity contribution in [3.8, 4) is 0 Å². The number of piperazine rings is 1.